The lowest BCUT2D eigenvalue weighted by Gasteiger charge is -2.16. The zero-order valence-electron chi connectivity index (χ0n) is 15.3. The Labute approximate surface area is 171 Å². The third kappa shape index (κ3) is 4.22. The van der Waals surface area contributed by atoms with Gasteiger partial charge in [0.05, 0.1) is 22.5 Å². The molecule has 1 atom stereocenters. The number of hydrogen-bond donors (Lipinski definition) is 2. The maximum Gasteiger partial charge on any atom is 0.287 e. The van der Waals surface area contributed by atoms with Gasteiger partial charge in [-0.25, -0.2) is 4.39 Å². The van der Waals surface area contributed by atoms with E-state index in [-0.39, 0.29) is 29.4 Å². The van der Waals surface area contributed by atoms with Crippen molar-refractivity contribution in [1.82, 2.24) is 15.1 Å². The van der Waals surface area contributed by atoms with E-state index in [1.807, 2.05) is 0 Å². The normalized spacial score (nSPS) is 12.2. The molecule has 0 radical (unpaired) electrons. The molecule has 2 aromatic heterocycles. The summed E-state index contributed by atoms with van der Waals surface area (Å²) in [7, 11) is 1.71. The molecule has 148 valence electrons. The van der Waals surface area contributed by atoms with Crippen molar-refractivity contribution in [2.24, 2.45) is 12.8 Å². The van der Waals surface area contributed by atoms with Gasteiger partial charge in [-0.05, 0) is 42.1 Å². The summed E-state index contributed by atoms with van der Waals surface area (Å²) in [5, 5.41) is 7.29. The minimum Gasteiger partial charge on any atom is -0.439 e. The molecule has 3 rings (SSSR count). The molecule has 0 aliphatic carbocycles. The van der Waals surface area contributed by atoms with Crippen molar-refractivity contribution in [3.05, 3.63) is 63.4 Å². The summed E-state index contributed by atoms with van der Waals surface area (Å²) in [5.41, 5.74) is 8.22. The SMILES string of the molecule is Cc1cc(CC(CN)NC(=O)c2cc(-c3c(Cl)cnn3C)c(Cl)o2)ccc1F. The average molecular weight is 425 g/mol. The lowest BCUT2D eigenvalue weighted by molar-refractivity contribution is 0.0910. The van der Waals surface area contributed by atoms with Crippen LogP contribution in [-0.4, -0.2) is 28.3 Å². The molecule has 9 heteroatoms. The highest BCUT2D eigenvalue weighted by molar-refractivity contribution is 6.35. The second kappa shape index (κ2) is 8.34. The number of nitrogens with zero attached hydrogens (tertiary/aromatic N) is 2. The Kier molecular flexibility index (Phi) is 6.07. The van der Waals surface area contributed by atoms with E-state index in [1.165, 1.54) is 18.3 Å². The molecule has 2 heterocycles. The smallest absolute Gasteiger partial charge is 0.287 e. The van der Waals surface area contributed by atoms with Crippen LogP contribution in [0.5, 0.6) is 0 Å². The first-order chi connectivity index (χ1) is 13.3. The van der Waals surface area contributed by atoms with E-state index in [2.05, 4.69) is 10.4 Å². The Hall–Kier alpha value is -2.35. The maximum atomic E-state index is 13.4. The summed E-state index contributed by atoms with van der Waals surface area (Å²) in [4.78, 5) is 12.6. The van der Waals surface area contributed by atoms with Crippen LogP contribution in [0, 0.1) is 12.7 Å². The van der Waals surface area contributed by atoms with E-state index in [1.54, 1.807) is 30.8 Å². The van der Waals surface area contributed by atoms with E-state index < -0.39 is 5.91 Å². The number of nitrogens with two attached hydrogens (primary N) is 1. The molecule has 0 aliphatic rings. The van der Waals surface area contributed by atoms with Crippen LogP contribution in [-0.2, 0) is 13.5 Å². The molecule has 0 fully saturated rings. The van der Waals surface area contributed by atoms with E-state index in [9.17, 15) is 9.18 Å². The summed E-state index contributed by atoms with van der Waals surface area (Å²) in [6, 6.07) is 5.96. The molecule has 28 heavy (non-hydrogen) atoms. The number of amides is 1. The van der Waals surface area contributed by atoms with E-state index in [0.717, 1.165) is 5.56 Å². The zero-order chi connectivity index (χ0) is 20.4. The number of carbonyl (C=O) groups is 1. The highest BCUT2D eigenvalue weighted by Gasteiger charge is 2.22. The summed E-state index contributed by atoms with van der Waals surface area (Å²) in [5.74, 6) is -0.699. The molecule has 0 saturated heterocycles. The number of furan rings is 1. The van der Waals surface area contributed by atoms with E-state index in [4.69, 9.17) is 33.4 Å². The van der Waals surface area contributed by atoms with Crippen LogP contribution < -0.4 is 11.1 Å². The van der Waals surface area contributed by atoms with Crippen LogP contribution >= 0.6 is 23.2 Å². The standard InChI is InChI=1S/C19H19Cl2FN4O2/c1-10-5-11(3-4-15(10)22)6-12(8-23)25-19(27)16-7-13(18(21)28-16)17-14(20)9-24-26(17)2/h3-5,7,9,12H,6,8,23H2,1-2H3,(H,25,27). The first kappa shape index (κ1) is 20.4. The highest BCUT2D eigenvalue weighted by atomic mass is 35.5. The number of benzene rings is 1. The highest BCUT2D eigenvalue weighted by Crippen LogP contribution is 2.35. The predicted octanol–water partition coefficient (Wildman–Crippen LogP) is 3.73. The number of carbonyl (C=O) groups excluding carboxylic acids is 1. The fourth-order valence-corrected chi connectivity index (χ4v) is 3.42. The minimum absolute atomic E-state index is 0.0333. The van der Waals surface area contributed by atoms with Crippen molar-refractivity contribution < 1.29 is 13.6 Å². The lowest BCUT2D eigenvalue weighted by Crippen LogP contribution is -2.41. The molecule has 3 aromatic rings. The molecule has 0 aliphatic heterocycles. The van der Waals surface area contributed by atoms with Gasteiger partial charge in [-0.15, -0.1) is 0 Å². The maximum absolute atomic E-state index is 13.4. The second-order valence-electron chi connectivity index (χ2n) is 6.46. The largest absolute Gasteiger partial charge is 0.439 e. The first-order valence-electron chi connectivity index (χ1n) is 8.53. The lowest BCUT2D eigenvalue weighted by atomic mass is 10.0. The van der Waals surface area contributed by atoms with E-state index in [0.29, 0.717) is 28.3 Å². The Balaban J connectivity index is 1.76. The monoisotopic (exact) mass is 424 g/mol. The quantitative estimate of drug-likeness (QED) is 0.630. The van der Waals surface area contributed by atoms with Gasteiger partial charge in [-0.3, -0.25) is 9.48 Å². The van der Waals surface area contributed by atoms with Gasteiger partial charge in [0.2, 0.25) is 5.22 Å². The molecule has 0 spiro atoms. The van der Waals surface area contributed by atoms with Crippen LogP contribution in [0.1, 0.15) is 21.7 Å². The number of aryl methyl sites for hydroxylation is 2. The van der Waals surface area contributed by atoms with Gasteiger partial charge >= 0.3 is 0 Å². The molecular weight excluding hydrogens is 406 g/mol. The molecule has 1 amide bonds. The van der Waals surface area contributed by atoms with Crippen molar-refractivity contribution in [2.45, 2.75) is 19.4 Å². The summed E-state index contributed by atoms with van der Waals surface area (Å²) in [6.07, 6.45) is 1.94. The number of hydrogen-bond acceptors (Lipinski definition) is 4. The molecule has 1 aromatic carbocycles. The molecule has 3 N–H and O–H groups in total. The van der Waals surface area contributed by atoms with Crippen molar-refractivity contribution in [3.63, 3.8) is 0 Å². The second-order valence-corrected chi connectivity index (χ2v) is 7.21. The summed E-state index contributed by atoms with van der Waals surface area (Å²) >= 11 is 12.3. The van der Waals surface area contributed by atoms with Gasteiger partial charge in [-0.2, -0.15) is 5.10 Å². The topological polar surface area (TPSA) is 86.1 Å². The molecule has 1 unspecified atom stereocenters. The van der Waals surface area contributed by atoms with Crippen molar-refractivity contribution >= 4 is 29.1 Å². The van der Waals surface area contributed by atoms with Gasteiger partial charge in [0.15, 0.2) is 5.76 Å². The van der Waals surface area contributed by atoms with Crippen molar-refractivity contribution in [3.8, 4) is 11.3 Å². The molecule has 0 bridgehead atoms. The Morgan fingerprint density at radius 1 is 1.39 bits per heavy atom. The number of rotatable bonds is 6. The summed E-state index contributed by atoms with van der Waals surface area (Å²) in [6.45, 7) is 1.89. The van der Waals surface area contributed by atoms with Gasteiger partial charge in [0.1, 0.15) is 5.82 Å². The van der Waals surface area contributed by atoms with Crippen molar-refractivity contribution in [2.75, 3.05) is 6.54 Å². The van der Waals surface area contributed by atoms with Gasteiger partial charge in [-0.1, -0.05) is 23.7 Å². The van der Waals surface area contributed by atoms with Gasteiger partial charge < -0.3 is 15.5 Å². The zero-order valence-corrected chi connectivity index (χ0v) is 16.8. The molecular formula is C19H19Cl2FN4O2. The minimum atomic E-state index is -0.458. The third-order valence-electron chi connectivity index (χ3n) is 4.38. The predicted molar refractivity (Wildman–Crippen MR) is 106 cm³/mol. The number of aromatic nitrogens is 2. The number of halogens is 3. The van der Waals surface area contributed by atoms with Gasteiger partial charge in [0, 0.05) is 25.7 Å². The Morgan fingerprint density at radius 3 is 2.75 bits per heavy atom. The fourth-order valence-electron chi connectivity index (χ4n) is 2.92. The fraction of sp³-hybridized carbons (Fsp3) is 0.263. The van der Waals surface area contributed by atoms with Crippen LogP contribution in [0.25, 0.3) is 11.3 Å². The van der Waals surface area contributed by atoms with Crippen LogP contribution in [0.2, 0.25) is 10.2 Å². The van der Waals surface area contributed by atoms with Crippen LogP contribution in [0.15, 0.2) is 34.9 Å². The average Bonchev–Trinajstić information content (AvgIpc) is 3.19. The summed E-state index contributed by atoms with van der Waals surface area (Å²) < 4.78 is 20.4. The Bertz CT molecular complexity index is 996. The molecule has 0 saturated carbocycles. The van der Waals surface area contributed by atoms with Crippen LogP contribution in [0.3, 0.4) is 0 Å². The molecule has 6 nitrogen and oxygen atoms in total. The Morgan fingerprint density at radius 2 is 2.14 bits per heavy atom. The third-order valence-corrected chi connectivity index (χ3v) is 4.94. The van der Waals surface area contributed by atoms with Crippen LogP contribution in [0.4, 0.5) is 4.39 Å². The number of nitrogens with one attached hydrogen (secondary N) is 1. The van der Waals surface area contributed by atoms with E-state index >= 15 is 0 Å². The van der Waals surface area contributed by atoms with Gasteiger partial charge in [0.25, 0.3) is 5.91 Å². The van der Waals surface area contributed by atoms with Crippen molar-refractivity contribution in [1.29, 1.82) is 0 Å². The first-order valence-corrected chi connectivity index (χ1v) is 9.29.